The number of alkyl halides is 6. The van der Waals surface area contributed by atoms with Crippen LogP contribution in [-0.4, -0.2) is 11.1 Å². The van der Waals surface area contributed by atoms with Crippen LogP contribution in [0, 0.1) is 5.92 Å². The molecule has 154 valence electrons. The highest BCUT2D eigenvalue weighted by Crippen LogP contribution is 2.38. The molecule has 28 heavy (non-hydrogen) atoms. The van der Waals surface area contributed by atoms with Crippen molar-refractivity contribution in [1.29, 1.82) is 0 Å². The monoisotopic (exact) mass is 405 g/mol. The van der Waals surface area contributed by atoms with Crippen LogP contribution in [0.25, 0.3) is 0 Å². The summed E-state index contributed by atoms with van der Waals surface area (Å²) in [4.78, 5) is 0. The molecule has 2 aromatic carbocycles. The predicted molar refractivity (Wildman–Crippen MR) is 93.3 cm³/mol. The van der Waals surface area contributed by atoms with E-state index in [2.05, 4.69) is 0 Å². The van der Waals surface area contributed by atoms with Gasteiger partial charge in [-0.1, -0.05) is 38.1 Å². The molecule has 0 radical (unpaired) electrons. The first kappa shape index (κ1) is 22.2. The normalized spacial score (nSPS) is 14.4. The van der Waals surface area contributed by atoms with Crippen LogP contribution in [0.2, 0.25) is 0 Å². The molecule has 2 rings (SSSR count). The predicted octanol–water partition coefficient (Wildman–Crippen LogP) is 5.33. The van der Waals surface area contributed by atoms with Gasteiger partial charge in [-0.15, -0.1) is 0 Å². The van der Waals surface area contributed by atoms with E-state index in [0.29, 0.717) is 6.42 Å². The van der Waals surface area contributed by atoms with Gasteiger partial charge in [-0.2, -0.15) is 26.3 Å². The average Bonchev–Trinajstić information content (AvgIpc) is 2.59. The summed E-state index contributed by atoms with van der Waals surface area (Å²) in [6, 6.07) is 6.70. The minimum atomic E-state index is -4.55. The number of aliphatic hydroxyl groups is 1. The van der Waals surface area contributed by atoms with Crippen molar-refractivity contribution in [3.8, 4) is 0 Å². The lowest BCUT2D eigenvalue weighted by Gasteiger charge is -2.36. The van der Waals surface area contributed by atoms with Gasteiger partial charge in [0.05, 0.1) is 11.1 Å². The second kappa shape index (κ2) is 7.75. The van der Waals surface area contributed by atoms with Crippen molar-refractivity contribution < 1.29 is 31.4 Å². The molecule has 0 aromatic heterocycles. The zero-order valence-corrected chi connectivity index (χ0v) is 15.3. The maximum atomic E-state index is 12.8. The second-order valence-electron chi connectivity index (χ2n) is 7.15. The van der Waals surface area contributed by atoms with Gasteiger partial charge in [0, 0.05) is 6.04 Å². The Bertz CT molecular complexity index is 721. The number of rotatable bonds is 5. The van der Waals surface area contributed by atoms with Crippen molar-refractivity contribution in [2.45, 2.75) is 44.3 Å². The molecule has 8 heteroatoms. The van der Waals surface area contributed by atoms with Crippen LogP contribution in [-0.2, 0) is 18.0 Å². The van der Waals surface area contributed by atoms with E-state index in [1.807, 2.05) is 13.8 Å². The summed E-state index contributed by atoms with van der Waals surface area (Å²) >= 11 is 0. The van der Waals surface area contributed by atoms with Gasteiger partial charge in [0.25, 0.3) is 0 Å². The summed E-state index contributed by atoms with van der Waals surface area (Å²) in [5, 5.41) is 11.4. The lowest BCUT2D eigenvalue weighted by molar-refractivity contribution is -0.138. The number of halogens is 6. The molecule has 0 aliphatic heterocycles. The molecular formula is C20H21F6NO. The van der Waals surface area contributed by atoms with Gasteiger partial charge in [-0.05, 0) is 47.7 Å². The van der Waals surface area contributed by atoms with Crippen LogP contribution in [0.4, 0.5) is 26.3 Å². The molecule has 0 aliphatic rings. The molecule has 2 aromatic rings. The van der Waals surface area contributed by atoms with Gasteiger partial charge >= 0.3 is 12.4 Å². The third kappa shape index (κ3) is 4.67. The van der Waals surface area contributed by atoms with E-state index in [1.54, 1.807) is 0 Å². The average molecular weight is 405 g/mol. The molecule has 0 amide bonds. The fraction of sp³-hybridized carbons (Fsp3) is 0.400. The molecule has 0 spiro atoms. The third-order valence-corrected chi connectivity index (χ3v) is 4.57. The van der Waals surface area contributed by atoms with E-state index in [4.69, 9.17) is 5.73 Å². The van der Waals surface area contributed by atoms with Gasteiger partial charge in [-0.25, -0.2) is 0 Å². The molecule has 2 nitrogen and oxygen atoms in total. The highest BCUT2D eigenvalue weighted by molar-refractivity contribution is 5.41. The van der Waals surface area contributed by atoms with Crippen LogP contribution in [0.15, 0.2) is 48.5 Å². The summed E-state index contributed by atoms with van der Waals surface area (Å²) in [7, 11) is 0. The van der Waals surface area contributed by atoms with Crippen LogP contribution in [0.1, 0.15) is 42.5 Å². The lowest BCUT2D eigenvalue weighted by Crippen LogP contribution is -2.47. The SMILES string of the molecule is CC(C)C[C@H](N)C(O)(c1ccc(C(F)(F)F)cc1)c1ccc(C(F)(F)F)cc1. The number of hydrogen-bond donors (Lipinski definition) is 2. The number of benzene rings is 2. The van der Waals surface area contributed by atoms with E-state index >= 15 is 0 Å². The van der Waals surface area contributed by atoms with Gasteiger partial charge in [-0.3, -0.25) is 0 Å². The second-order valence-corrected chi connectivity index (χ2v) is 7.15. The Morgan fingerprint density at radius 2 is 1.00 bits per heavy atom. The smallest absolute Gasteiger partial charge is 0.379 e. The van der Waals surface area contributed by atoms with Crippen molar-refractivity contribution in [3.05, 3.63) is 70.8 Å². The molecule has 3 N–H and O–H groups in total. The fourth-order valence-electron chi connectivity index (χ4n) is 3.10. The topological polar surface area (TPSA) is 46.2 Å². The van der Waals surface area contributed by atoms with E-state index < -0.39 is 35.1 Å². The third-order valence-electron chi connectivity index (χ3n) is 4.57. The van der Waals surface area contributed by atoms with E-state index in [1.165, 1.54) is 0 Å². The lowest BCUT2D eigenvalue weighted by atomic mass is 9.77. The minimum Gasteiger partial charge on any atom is -0.379 e. The Labute approximate surface area is 159 Å². The maximum Gasteiger partial charge on any atom is 0.416 e. The Kier molecular flexibility index (Phi) is 6.16. The van der Waals surface area contributed by atoms with Crippen molar-refractivity contribution in [2.24, 2.45) is 11.7 Å². The highest BCUT2D eigenvalue weighted by Gasteiger charge is 2.40. The molecule has 0 saturated carbocycles. The van der Waals surface area contributed by atoms with Gasteiger partial charge in [0.1, 0.15) is 5.60 Å². The van der Waals surface area contributed by atoms with E-state index in [0.717, 1.165) is 48.5 Å². The quantitative estimate of drug-likeness (QED) is 0.661. The van der Waals surface area contributed by atoms with Crippen molar-refractivity contribution >= 4 is 0 Å². The minimum absolute atomic E-state index is 0.0467. The fourth-order valence-corrected chi connectivity index (χ4v) is 3.10. The van der Waals surface area contributed by atoms with E-state index in [9.17, 15) is 31.4 Å². The summed E-state index contributed by atoms with van der Waals surface area (Å²) < 4.78 is 77.0. The zero-order chi connectivity index (χ0) is 21.3. The van der Waals surface area contributed by atoms with Crippen molar-refractivity contribution in [3.63, 3.8) is 0 Å². The Morgan fingerprint density at radius 3 is 1.25 bits per heavy atom. The van der Waals surface area contributed by atoms with Crippen LogP contribution in [0.3, 0.4) is 0 Å². The molecule has 1 atom stereocenters. The van der Waals surface area contributed by atoms with Crippen LogP contribution < -0.4 is 5.73 Å². The Morgan fingerprint density at radius 1 is 0.714 bits per heavy atom. The molecule has 0 bridgehead atoms. The number of nitrogens with two attached hydrogens (primary N) is 1. The van der Waals surface area contributed by atoms with Gasteiger partial charge in [0.2, 0.25) is 0 Å². The molecule has 0 saturated heterocycles. The summed E-state index contributed by atoms with van der Waals surface area (Å²) in [6.45, 7) is 3.69. The molecule has 0 fully saturated rings. The van der Waals surface area contributed by atoms with E-state index in [-0.39, 0.29) is 17.0 Å². The summed E-state index contributed by atoms with van der Waals surface area (Å²) in [6.07, 6.45) is -8.80. The first-order valence-electron chi connectivity index (χ1n) is 8.59. The molecule has 0 aliphatic carbocycles. The zero-order valence-electron chi connectivity index (χ0n) is 15.3. The van der Waals surface area contributed by atoms with Crippen LogP contribution >= 0.6 is 0 Å². The van der Waals surface area contributed by atoms with Crippen LogP contribution in [0.5, 0.6) is 0 Å². The summed E-state index contributed by atoms with van der Waals surface area (Å²) in [5.74, 6) is 0.0467. The standard InChI is InChI=1S/C20H21F6NO/c1-12(2)11-17(27)18(28,13-3-7-15(8-4-13)19(21,22)23)14-5-9-16(10-6-14)20(24,25)26/h3-10,12,17,28H,11,27H2,1-2H3/t17-/m0/s1. The highest BCUT2D eigenvalue weighted by atomic mass is 19.4. The first-order valence-corrected chi connectivity index (χ1v) is 8.59. The van der Waals surface area contributed by atoms with Gasteiger partial charge < -0.3 is 10.8 Å². The largest absolute Gasteiger partial charge is 0.416 e. The first-order chi connectivity index (χ1) is 12.8. The summed E-state index contributed by atoms with van der Waals surface area (Å²) in [5.41, 5.74) is 2.58. The Hall–Kier alpha value is -2.06. The molecule has 0 unspecified atom stereocenters. The number of hydrogen-bond acceptors (Lipinski definition) is 2. The van der Waals surface area contributed by atoms with Gasteiger partial charge in [0.15, 0.2) is 0 Å². The Balaban J connectivity index is 2.54. The maximum absolute atomic E-state index is 12.8. The van der Waals surface area contributed by atoms with Crippen molar-refractivity contribution in [2.75, 3.05) is 0 Å². The molecular weight excluding hydrogens is 384 g/mol. The molecule has 0 heterocycles. The van der Waals surface area contributed by atoms with Crippen molar-refractivity contribution in [1.82, 2.24) is 0 Å².